The fourth-order valence-corrected chi connectivity index (χ4v) is 7.94. The molecule has 6 N–H and O–H groups in total. The minimum absolute atomic E-state index is 0.0672. The summed E-state index contributed by atoms with van der Waals surface area (Å²) in [6.45, 7) is 10.0. The van der Waals surface area contributed by atoms with Crippen molar-refractivity contribution >= 4 is 59.6 Å². The minimum Gasteiger partial charge on any atom is -0.480 e. The average Bonchev–Trinajstić information content (AvgIpc) is 3.24. The molecule has 0 heterocycles. The van der Waals surface area contributed by atoms with Crippen LogP contribution >= 0.6 is 0 Å². The van der Waals surface area contributed by atoms with E-state index in [4.69, 9.17) is 34.2 Å². The summed E-state index contributed by atoms with van der Waals surface area (Å²) in [7, 11) is 0. The predicted octanol–water partition coefficient (Wildman–Crippen LogP) is 5.52. The fourth-order valence-electron chi connectivity index (χ4n) is 7.94. The third kappa shape index (κ3) is 31.0. The maximum atomic E-state index is 12.8. The van der Waals surface area contributed by atoms with Crippen LogP contribution in [0.1, 0.15) is 190 Å². The van der Waals surface area contributed by atoms with E-state index in [0.717, 1.165) is 106 Å². The highest BCUT2D eigenvalue weighted by Crippen LogP contribution is 2.29. The molecule has 0 spiro atoms. The number of amides is 2. The molecule has 0 radical (unpaired) electrons. The summed E-state index contributed by atoms with van der Waals surface area (Å²) < 4.78 is 33.9. The highest BCUT2D eigenvalue weighted by molar-refractivity contribution is 5.84. The molecule has 0 rings (SSSR count). The first kappa shape index (κ1) is 64.7. The summed E-state index contributed by atoms with van der Waals surface area (Å²) in [6, 6.07) is -2.07. The zero-order chi connectivity index (χ0) is 53.2. The van der Waals surface area contributed by atoms with Gasteiger partial charge in [-0.05, 0) is 63.8 Å². The number of hydrogen-bond donors (Lipinski definition) is 5. The van der Waals surface area contributed by atoms with Crippen LogP contribution in [0.4, 0.5) is 0 Å². The molecule has 0 aliphatic rings. The Hall–Kier alpha value is -5.34. The van der Waals surface area contributed by atoms with Gasteiger partial charge in [0.25, 0.3) is 0 Å². The van der Waals surface area contributed by atoms with Crippen LogP contribution in [-0.4, -0.2) is 125 Å². The maximum absolute atomic E-state index is 12.8. The van der Waals surface area contributed by atoms with E-state index in [1.807, 2.05) is 0 Å². The van der Waals surface area contributed by atoms with Gasteiger partial charge in [0.2, 0.25) is 11.8 Å². The molecule has 0 aromatic heterocycles. The van der Waals surface area contributed by atoms with Gasteiger partial charge in [-0.25, -0.2) is 9.59 Å². The van der Waals surface area contributed by atoms with E-state index in [-0.39, 0.29) is 31.6 Å². The first-order chi connectivity index (χ1) is 33.0. The smallest absolute Gasteiger partial charge is 0.326 e. The lowest BCUT2D eigenvalue weighted by molar-refractivity contribution is -0.219. The SMILES string of the molecule is CC(=O)OC(CCCCCCCCCCCCCCCC(=O)NC(CCCCN)C(=O)O)C(OC(C)=O)C(OC(C)=O)C(OC(C)=O)C(OC(C)=O)C(CCCC(=O)NC(C(=O)O)C(C)C)OC(C)=O. The molecule has 70 heavy (non-hydrogen) atoms. The van der Waals surface area contributed by atoms with Crippen LogP contribution in [0, 0.1) is 5.92 Å². The fraction of sp³-hybridized carbons (Fsp3) is 0.796. The Balaban J connectivity index is 5.77. The molecule has 8 atom stereocenters. The first-order valence-corrected chi connectivity index (χ1v) is 24.8. The number of nitrogens with two attached hydrogens (primary N) is 1. The van der Waals surface area contributed by atoms with E-state index >= 15 is 0 Å². The third-order valence-electron chi connectivity index (χ3n) is 11.2. The number of carboxylic acid groups (broad SMARTS) is 2. The molecule has 402 valence electrons. The van der Waals surface area contributed by atoms with Crippen molar-refractivity contribution in [3.05, 3.63) is 0 Å². The second-order valence-corrected chi connectivity index (χ2v) is 18.0. The molecule has 0 aromatic carbocycles. The second kappa shape index (κ2) is 37.5. The quantitative estimate of drug-likeness (QED) is 0.0286. The standard InChI is InChI=1S/C49H83N3O18/c1-31(2)43(49(63)64)52-42(60)29-24-27-40(66-33(4)54)45(68-35(6)56)47(70-37(8)58)46(69-36(7)57)44(67-34(5)55)39(65-32(3)53)26-20-18-16-14-12-10-9-11-13-15-17-19-21-28-41(59)51-38(48(61)62)25-22-23-30-50/h31,38-40,43-47H,9-30,50H2,1-8H3,(H,51,59)(H,52,60)(H,61,62)(H,63,64). The average molecular weight is 1000 g/mol. The Kier molecular flexibility index (Phi) is 34.6. The number of hydrogen-bond acceptors (Lipinski definition) is 17. The van der Waals surface area contributed by atoms with Crippen LogP contribution in [0.5, 0.6) is 0 Å². The third-order valence-corrected chi connectivity index (χ3v) is 11.2. The van der Waals surface area contributed by atoms with E-state index in [0.29, 0.717) is 51.5 Å². The van der Waals surface area contributed by atoms with Gasteiger partial charge in [0, 0.05) is 54.4 Å². The summed E-state index contributed by atoms with van der Waals surface area (Å²) in [5, 5.41) is 23.9. The van der Waals surface area contributed by atoms with E-state index in [2.05, 4.69) is 10.6 Å². The maximum Gasteiger partial charge on any atom is 0.326 e. The predicted molar refractivity (Wildman–Crippen MR) is 253 cm³/mol. The van der Waals surface area contributed by atoms with Gasteiger partial charge in [-0.1, -0.05) is 84.5 Å². The minimum atomic E-state index is -1.85. The van der Waals surface area contributed by atoms with Crippen molar-refractivity contribution in [3.8, 4) is 0 Å². The summed E-state index contributed by atoms with van der Waals surface area (Å²) in [5.74, 6) is -9.01. The molecule has 21 nitrogen and oxygen atoms in total. The van der Waals surface area contributed by atoms with Gasteiger partial charge < -0.3 is 55.0 Å². The molecule has 0 fully saturated rings. The Morgan fingerprint density at radius 3 is 1.09 bits per heavy atom. The molecule has 0 bridgehead atoms. The lowest BCUT2D eigenvalue weighted by atomic mass is 9.91. The number of ether oxygens (including phenoxy) is 6. The van der Waals surface area contributed by atoms with Crippen molar-refractivity contribution in [1.29, 1.82) is 0 Å². The zero-order valence-electron chi connectivity index (χ0n) is 42.8. The van der Waals surface area contributed by atoms with Crippen molar-refractivity contribution in [3.63, 3.8) is 0 Å². The van der Waals surface area contributed by atoms with Crippen LogP contribution in [-0.2, 0) is 76.4 Å². The highest BCUT2D eigenvalue weighted by atomic mass is 16.6. The number of aliphatic carboxylic acids is 2. The second-order valence-electron chi connectivity index (χ2n) is 18.0. The number of unbranched alkanes of at least 4 members (excludes halogenated alkanes) is 13. The van der Waals surface area contributed by atoms with Gasteiger partial charge in [0.05, 0.1) is 0 Å². The van der Waals surface area contributed by atoms with Crippen LogP contribution in [0.25, 0.3) is 0 Å². The zero-order valence-corrected chi connectivity index (χ0v) is 42.8. The number of carbonyl (C=O) groups excluding carboxylic acids is 8. The van der Waals surface area contributed by atoms with Gasteiger partial charge in [0.15, 0.2) is 24.4 Å². The normalized spacial score (nSPS) is 14.5. The summed E-state index contributed by atoms with van der Waals surface area (Å²) >= 11 is 0. The van der Waals surface area contributed by atoms with Crippen molar-refractivity contribution in [2.24, 2.45) is 11.7 Å². The number of rotatable bonds is 40. The van der Waals surface area contributed by atoms with Crippen LogP contribution in [0.2, 0.25) is 0 Å². The Labute approximate surface area is 413 Å². The molecule has 8 unspecified atom stereocenters. The van der Waals surface area contributed by atoms with Gasteiger partial charge in [-0.15, -0.1) is 0 Å². The Morgan fingerprint density at radius 2 is 0.729 bits per heavy atom. The van der Waals surface area contributed by atoms with Crippen LogP contribution < -0.4 is 16.4 Å². The molecule has 0 aliphatic carbocycles. The topological polar surface area (TPSA) is 317 Å². The Morgan fingerprint density at radius 1 is 0.400 bits per heavy atom. The molecule has 0 saturated carbocycles. The molecule has 0 saturated heterocycles. The van der Waals surface area contributed by atoms with E-state index < -0.39 is 108 Å². The van der Waals surface area contributed by atoms with E-state index in [9.17, 15) is 58.2 Å². The van der Waals surface area contributed by atoms with Gasteiger partial charge in [-0.2, -0.15) is 0 Å². The molecule has 2 amide bonds. The molecular formula is C49H83N3O18. The highest BCUT2D eigenvalue weighted by Gasteiger charge is 2.50. The largest absolute Gasteiger partial charge is 0.480 e. The van der Waals surface area contributed by atoms with Crippen molar-refractivity contribution in [2.45, 2.75) is 239 Å². The molecule has 21 heteroatoms. The van der Waals surface area contributed by atoms with Crippen molar-refractivity contribution in [1.82, 2.24) is 10.6 Å². The lowest BCUT2D eigenvalue weighted by Crippen LogP contribution is -2.58. The van der Waals surface area contributed by atoms with Crippen LogP contribution in [0.3, 0.4) is 0 Å². The van der Waals surface area contributed by atoms with E-state index in [1.54, 1.807) is 13.8 Å². The van der Waals surface area contributed by atoms with Crippen molar-refractivity contribution < 1.29 is 86.6 Å². The summed E-state index contributed by atoms with van der Waals surface area (Å²) in [4.78, 5) is 124. The summed E-state index contributed by atoms with van der Waals surface area (Å²) in [6.07, 6.45) is 3.51. The number of carboxylic acids is 2. The summed E-state index contributed by atoms with van der Waals surface area (Å²) in [5.41, 5.74) is 5.47. The van der Waals surface area contributed by atoms with Crippen LogP contribution in [0.15, 0.2) is 0 Å². The molecular weight excluding hydrogens is 919 g/mol. The van der Waals surface area contributed by atoms with Gasteiger partial charge in [-0.3, -0.25) is 38.4 Å². The van der Waals surface area contributed by atoms with Gasteiger partial charge >= 0.3 is 47.8 Å². The first-order valence-electron chi connectivity index (χ1n) is 24.8. The lowest BCUT2D eigenvalue weighted by Gasteiger charge is -2.40. The van der Waals surface area contributed by atoms with Crippen molar-refractivity contribution in [2.75, 3.05) is 6.54 Å². The van der Waals surface area contributed by atoms with E-state index in [1.165, 1.54) is 0 Å². The molecule has 0 aliphatic heterocycles. The number of nitrogens with one attached hydrogen (secondary N) is 2. The Bertz CT molecular complexity index is 1640. The number of carbonyl (C=O) groups is 10. The molecule has 0 aromatic rings. The van der Waals surface area contributed by atoms with Gasteiger partial charge in [0.1, 0.15) is 24.3 Å². The monoisotopic (exact) mass is 1000 g/mol. The number of esters is 6.